The second-order valence-electron chi connectivity index (χ2n) is 6.56. The highest BCUT2D eigenvalue weighted by atomic mass is 32.2. The Hall–Kier alpha value is -1.50. The summed E-state index contributed by atoms with van der Waals surface area (Å²) in [7, 11) is -3.09. The lowest BCUT2D eigenvalue weighted by Crippen LogP contribution is -2.50. The number of fused-ring (bicyclic) bond motifs is 1. The number of hydrogen-bond donors (Lipinski definition) is 1. The van der Waals surface area contributed by atoms with E-state index in [1.807, 2.05) is 12.3 Å². The van der Waals surface area contributed by atoms with Crippen molar-refractivity contribution in [2.75, 3.05) is 19.3 Å². The van der Waals surface area contributed by atoms with Gasteiger partial charge in [0.2, 0.25) is 10.0 Å². The molecule has 1 saturated heterocycles. The van der Waals surface area contributed by atoms with E-state index in [9.17, 15) is 8.42 Å². The zero-order chi connectivity index (χ0) is 17.2. The van der Waals surface area contributed by atoms with Crippen molar-refractivity contribution in [1.29, 1.82) is 0 Å². The summed E-state index contributed by atoms with van der Waals surface area (Å²) in [6, 6.07) is 10.6. The van der Waals surface area contributed by atoms with E-state index < -0.39 is 10.0 Å². The Bertz CT molecular complexity index is 802. The minimum absolute atomic E-state index is 0.340. The van der Waals surface area contributed by atoms with Crippen LogP contribution >= 0.6 is 0 Å². The van der Waals surface area contributed by atoms with Crippen LogP contribution in [0, 0.1) is 5.92 Å². The lowest BCUT2D eigenvalue weighted by molar-refractivity contribution is 0.202. The highest BCUT2D eigenvalue weighted by molar-refractivity contribution is 7.88. The first kappa shape index (κ1) is 17.3. The van der Waals surface area contributed by atoms with Crippen LogP contribution in [-0.4, -0.2) is 43.1 Å². The molecule has 1 aliphatic rings. The van der Waals surface area contributed by atoms with Crippen LogP contribution in [0.15, 0.2) is 36.5 Å². The van der Waals surface area contributed by atoms with Gasteiger partial charge in [-0.2, -0.15) is 0 Å². The second-order valence-corrected chi connectivity index (χ2v) is 8.54. The van der Waals surface area contributed by atoms with Gasteiger partial charge in [-0.15, -0.1) is 0 Å². The molecule has 5 nitrogen and oxygen atoms in total. The van der Waals surface area contributed by atoms with Gasteiger partial charge >= 0.3 is 0 Å². The van der Waals surface area contributed by atoms with E-state index in [1.165, 1.54) is 11.8 Å². The molecule has 1 aromatic heterocycles. The molecule has 130 valence electrons. The highest BCUT2D eigenvalue weighted by Gasteiger charge is 2.31. The molecule has 0 aliphatic carbocycles. The van der Waals surface area contributed by atoms with Crippen molar-refractivity contribution in [3.63, 3.8) is 0 Å². The van der Waals surface area contributed by atoms with Gasteiger partial charge in [0.1, 0.15) is 0 Å². The fourth-order valence-electron chi connectivity index (χ4n) is 3.53. The van der Waals surface area contributed by atoms with Gasteiger partial charge in [0.25, 0.3) is 0 Å². The zero-order valence-corrected chi connectivity index (χ0v) is 15.1. The van der Waals surface area contributed by atoms with Gasteiger partial charge in [-0.05, 0) is 24.0 Å². The standard InChI is InChI=1S/C18H25N3O2S/c1-3-14-13-21(24(2,22)23)11-9-17(14)20-12-16-7-4-6-15-8-5-10-19-18(15)16/h4-8,10,14,17,20H,3,9,11-13H2,1-2H3/t14-,17-/m0/s1. The van der Waals surface area contributed by atoms with Crippen LogP contribution in [0.2, 0.25) is 0 Å². The van der Waals surface area contributed by atoms with Crippen LogP contribution in [-0.2, 0) is 16.6 Å². The van der Waals surface area contributed by atoms with Crippen molar-refractivity contribution < 1.29 is 8.42 Å². The van der Waals surface area contributed by atoms with Crippen LogP contribution in [0.3, 0.4) is 0 Å². The van der Waals surface area contributed by atoms with Crippen LogP contribution in [0.1, 0.15) is 25.3 Å². The first-order chi connectivity index (χ1) is 11.5. The Kier molecular flexibility index (Phi) is 5.18. The number of pyridine rings is 1. The maximum absolute atomic E-state index is 11.8. The number of benzene rings is 1. The van der Waals surface area contributed by atoms with E-state index in [0.717, 1.165) is 30.3 Å². The Morgan fingerprint density at radius 2 is 2.08 bits per heavy atom. The van der Waals surface area contributed by atoms with Crippen molar-refractivity contribution in [2.24, 2.45) is 5.92 Å². The van der Waals surface area contributed by atoms with Gasteiger partial charge in [0.05, 0.1) is 11.8 Å². The third-order valence-corrected chi connectivity index (χ3v) is 6.23. The topological polar surface area (TPSA) is 62.3 Å². The molecule has 2 heterocycles. The number of nitrogens with one attached hydrogen (secondary N) is 1. The molecule has 0 saturated carbocycles. The average Bonchev–Trinajstić information content (AvgIpc) is 2.59. The van der Waals surface area contributed by atoms with E-state index in [4.69, 9.17) is 0 Å². The molecule has 0 unspecified atom stereocenters. The normalized spacial score (nSPS) is 22.8. The summed E-state index contributed by atoms with van der Waals surface area (Å²) < 4.78 is 25.2. The number of rotatable bonds is 5. The molecule has 0 bridgehead atoms. The highest BCUT2D eigenvalue weighted by Crippen LogP contribution is 2.23. The summed E-state index contributed by atoms with van der Waals surface area (Å²) in [5.41, 5.74) is 2.22. The molecule has 0 radical (unpaired) electrons. The molecule has 1 fully saturated rings. The number of nitrogens with zero attached hydrogens (tertiary/aromatic N) is 2. The van der Waals surface area contributed by atoms with Crippen LogP contribution < -0.4 is 5.32 Å². The first-order valence-electron chi connectivity index (χ1n) is 8.50. The lowest BCUT2D eigenvalue weighted by Gasteiger charge is -2.37. The minimum atomic E-state index is -3.09. The minimum Gasteiger partial charge on any atom is -0.309 e. The molecule has 3 rings (SSSR count). The van der Waals surface area contributed by atoms with Gasteiger partial charge in [-0.25, -0.2) is 12.7 Å². The fraction of sp³-hybridized carbons (Fsp3) is 0.500. The van der Waals surface area contributed by atoms with E-state index in [0.29, 0.717) is 25.0 Å². The Morgan fingerprint density at radius 3 is 2.83 bits per heavy atom. The second kappa shape index (κ2) is 7.17. The van der Waals surface area contributed by atoms with Crippen molar-refractivity contribution in [1.82, 2.24) is 14.6 Å². The largest absolute Gasteiger partial charge is 0.309 e. The fourth-order valence-corrected chi connectivity index (χ4v) is 4.43. The van der Waals surface area contributed by atoms with E-state index in [2.05, 4.69) is 41.5 Å². The van der Waals surface area contributed by atoms with Crippen molar-refractivity contribution in [3.8, 4) is 0 Å². The van der Waals surface area contributed by atoms with Crippen molar-refractivity contribution in [2.45, 2.75) is 32.4 Å². The van der Waals surface area contributed by atoms with Gasteiger partial charge in [0, 0.05) is 37.3 Å². The van der Waals surface area contributed by atoms with Gasteiger partial charge in [-0.3, -0.25) is 4.98 Å². The van der Waals surface area contributed by atoms with Crippen molar-refractivity contribution in [3.05, 3.63) is 42.1 Å². The zero-order valence-electron chi connectivity index (χ0n) is 14.3. The van der Waals surface area contributed by atoms with E-state index in [-0.39, 0.29) is 0 Å². The Labute approximate surface area is 144 Å². The quantitative estimate of drug-likeness (QED) is 0.902. The summed E-state index contributed by atoms with van der Waals surface area (Å²) in [6.45, 7) is 4.10. The van der Waals surface area contributed by atoms with Crippen LogP contribution in [0.25, 0.3) is 10.9 Å². The van der Waals surface area contributed by atoms with Crippen molar-refractivity contribution >= 4 is 20.9 Å². The number of sulfonamides is 1. The molecule has 0 spiro atoms. The maximum Gasteiger partial charge on any atom is 0.211 e. The summed E-state index contributed by atoms with van der Waals surface area (Å²) in [6.07, 6.45) is 4.95. The van der Waals surface area contributed by atoms with E-state index in [1.54, 1.807) is 4.31 Å². The Morgan fingerprint density at radius 1 is 1.29 bits per heavy atom. The summed E-state index contributed by atoms with van der Waals surface area (Å²) >= 11 is 0. The van der Waals surface area contributed by atoms with Crippen LogP contribution in [0.5, 0.6) is 0 Å². The van der Waals surface area contributed by atoms with Gasteiger partial charge < -0.3 is 5.32 Å². The average molecular weight is 347 g/mol. The molecular formula is C18H25N3O2S. The van der Waals surface area contributed by atoms with Crippen LogP contribution in [0.4, 0.5) is 0 Å². The number of hydrogen-bond acceptors (Lipinski definition) is 4. The maximum atomic E-state index is 11.8. The lowest BCUT2D eigenvalue weighted by atomic mass is 9.91. The number of piperidine rings is 1. The Balaban J connectivity index is 1.70. The molecule has 2 aromatic rings. The molecule has 6 heteroatoms. The molecule has 1 aromatic carbocycles. The monoisotopic (exact) mass is 347 g/mol. The first-order valence-corrected chi connectivity index (χ1v) is 10.3. The number of aromatic nitrogens is 1. The molecule has 1 aliphatic heterocycles. The molecule has 24 heavy (non-hydrogen) atoms. The number of para-hydroxylation sites is 1. The molecule has 2 atom stereocenters. The predicted molar refractivity (Wildman–Crippen MR) is 97.2 cm³/mol. The summed E-state index contributed by atoms with van der Waals surface area (Å²) in [4.78, 5) is 4.50. The molecular weight excluding hydrogens is 322 g/mol. The van der Waals surface area contributed by atoms with E-state index >= 15 is 0 Å². The summed E-state index contributed by atoms with van der Waals surface area (Å²) in [5, 5.41) is 4.79. The third-order valence-electron chi connectivity index (χ3n) is 4.96. The smallest absolute Gasteiger partial charge is 0.211 e. The molecule has 0 amide bonds. The summed E-state index contributed by atoms with van der Waals surface area (Å²) in [5.74, 6) is 0.344. The SMILES string of the molecule is CC[C@H]1CN(S(C)(=O)=O)CC[C@@H]1NCc1cccc2cccnc12. The van der Waals surface area contributed by atoms with Gasteiger partial charge in [-0.1, -0.05) is 37.6 Å². The predicted octanol–water partition coefficient (Wildman–Crippen LogP) is 2.38. The van der Waals surface area contributed by atoms with Gasteiger partial charge in [0.15, 0.2) is 0 Å². The molecule has 1 N–H and O–H groups in total. The third kappa shape index (κ3) is 3.77.